The van der Waals surface area contributed by atoms with Gasteiger partial charge in [0.25, 0.3) is 0 Å². The monoisotopic (exact) mass is 439 g/mol. The number of hydrogen-bond donors (Lipinski definition) is 0. The van der Waals surface area contributed by atoms with Gasteiger partial charge in [-0.05, 0) is 44.2 Å². The van der Waals surface area contributed by atoms with Gasteiger partial charge in [0, 0.05) is 28.8 Å². The van der Waals surface area contributed by atoms with Crippen LogP contribution in [-0.2, 0) is 11.3 Å². The predicted octanol–water partition coefficient (Wildman–Crippen LogP) is 4.01. The van der Waals surface area contributed by atoms with Gasteiger partial charge in [-0.2, -0.15) is 5.10 Å². The summed E-state index contributed by atoms with van der Waals surface area (Å²) in [5, 5.41) is 5.14. The van der Waals surface area contributed by atoms with Gasteiger partial charge >= 0.3 is 11.6 Å². The lowest BCUT2D eigenvalue weighted by Crippen LogP contribution is -2.12. The summed E-state index contributed by atoms with van der Waals surface area (Å²) in [6.45, 7) is 3.59. The average Bonchev–Trinajstić information content (AvgIpc) is 3.09. The van der Waals surface area contributed by atoms with Crippen molar-refractivity contribution in [2.75, 3.05) is 7.11 Å². The zero-order valence-electron chi connectivity index (χ0n) is 17.0. The molecule has 0 atom stereocenters. The van der Waals surface area contributed by atoms with Crippen molar-refractivity contribution in [3.05, 3.63) is 80.6 Å². The van der Waals surface area contributed by atoms with Gasteiger partial charge in [-0.25, -0.2) is 19.3 Å². The van der Waals surface area contributed by atoms with E-state index >= 15 is 0 Å². The van der Waals surface area contributed by atoms with E-state index in [9.17, 15) is 9.59 Å². The van der Waals surface area contributed by atoms with Crippen LogP contribution >= 0.6 is 11.6 Å². The Labute approximate surface area is 182 Å². The minimum atomic E-state index is -0.719. The second-order valence-electron chi connectivity index (χ2n) is 6.87. The quantitative estimate of drug-likeness (QED) is 0.342. The summed E-state index contributed by atoms with van der Waals surface area (Å²) in [5.74, 6) is 0.268. The van der Waals surface area contributed by atoms with Gasteiger partial charge in [0.1, 0.15) is 17.9 Å². The standard InChI is InChI=1S/C22H18ClN3O5/c1-12-8-13(2)26(25-12)19-7-6-17(23)21(24-19)22(28)30-11-14-9-20(27)31-18-10-15(29-3)4-5-16(14)18/h4-10H,11H2,1-3H3. The number of aryl methyl sites for hydroxylation is 2. The third-order valence-corrected chi connectivity index (χ3v) is 4.95. The van der Waals surface area contributed by atoms with E-state index in [1.165, 1.54) is 13.2 Å². The Morgan fingerprint density at radius 1 is 1.16 bits per heavy atom. The molecule has 4 aromatic rings. The Kier molecular flexibility index (Phi) is 5.48. The number of halogens is 1. The van der Waals surface area contributed by atoms with Gasteiger partial charge < -0.3 is 13.9 Å². The molecule has 4 rings (SSSR count). The Morgan fingerprint density at radius 2 is 1.97 bits per heavy atom. The number of rotatable bonds is 5. The zero-order valence-corrected chi connectivity index (χ0v) is 17.8. The van der Waals surface area contributed by atoms with Gasteiger partial charge in [0.05, 0.1) is 17.8 Å². The highest BCUT2D eigenvalue weighted by Gasteiger charge is 2.18. The van der Waals surface area contributed by atoms with E-state index in [2.05, 4.69) is 10.1 Å². The maximum atomic E-state index is 12.7. The molecule has 0 N–H and O–H groups in total. The first-order valence-electron chi connectivity index (χ1n) is 9.34. The van der Waals surface area contributed by atoms with Gasteiger partial charge in [-0.1, -0.05) is 11.6 Å². The van der Waals surface area contributed by atoms with Crippen LogP contribution in [0.3, 0.4) is 0 Å². The highest BCUT2D eigenvalue weighted by atomic mass is 35.5. The van der Waals surface area contributed by atoms with Crippen LogP contribution in [0.15, 0.2) is 51.7 Å². The minimum Gasteiger partial charge on any atom is -0.497 e. The summed E-state index contributed by atoms with van der Waals surface area (Å²) in [5.41, 5.74) is 1.91. The maximum absolute atomic E-state index is 12.7. The first kappa shape index (κ1) is 20.6. The zero-order chi connectivity index (χ0) is 22.1. The Balaban J connectivity index is 1.62. The van der Waals surface area contributed by atoms with Crippen LogP contribution in [0.1, 0.15) is 27.4 Å². The molecular formula is C22H18ClN3O5. The number of benzene rings is 1. The Hall–Kier alpha value is -3.65. The lowest BCUT2D eigenvalue weighted by molar-refractivity contribution is 0.0467. The summed E-state index contributed by atoms with van der Waals surface area (Å²) < 4.78 is 17.4. The van der Waals surface area contributed by atoms with E-state index in [1.807, 2.05) is 19.9 Å². The van der Waals surface area contributed by atoms with Crippen molar-refractivity contribution >= 4 is 28.5 Å². The SMILES string of the molecule is COc1ccc2c(COC(=O)c3nc(-n4nc(C)cc4C)ccc3Cl)cc(=O)oc2c1. The molecule has 0 bridgehead atoms. The van der Waals surface area contributed by atoms with E-state index in [0.29, 0.717) is 28.1 Å². The summed E-state index contributed by atoms with van der Waals surface area (Å²) in [4.78, 5) is 29.0. The van der Waals surface area contributed by atoms with Crippen molar-refractivity contribution in [1.29, 1.82) is 0 Å². The molecule has 3 aromatic heterocycles. The number of esters is 1. The van der Waals surface area contributed by atoms with Gasteiger partial charge in [-0.15, -0.1) is 0 Å². The second-order valence-corrected chi connectivity index (χ2v) is 7.27. The summed E-state index contributed by atoms with van der Waals surface area (Å²) in [6, 6.07) is 11.5. The molecular weight excluding hydrogens is 422 g/mol. The largest absolute Gasteiger partial charge is 0.497 e. The number of methoxy groups -OCH3 is 1. The number of nitrogens with zero attached hydrogens (tertiary/aromatic N) is 3. The molecule has 0 aliphatic heterocycles. The molecule has 0 spiro atoms. The van der Waals surface area contributed by atoms with E-state index in [1.54, 1.807) is 35.0 Å². The van der Waals surface area contributed by atoms with Crippen LogP contribution in [0.4, 0.5) is 0 Å². The molecule has 3 heterocycles. The summed E-state index contributed by atoms with van der Waals surface area (Å²) in [6.07, 6.45) is 0. The lowest BCUT2D eigenvalue weighted by Gasteiger charge is -2.10. The summed E-state index contributed by atoms with van der Waals surface area (Å²) >= 11 is 6.19. The Morgan fingerprint density at radius 3 is 2.68 bits per heavy atom. The number of aromatic nitrogens is 3. The molecule has 158 valence electrons. The molecule has 31 heavy (non-hydrogen) atoms. The highest BCUT2D eigenvalue weighted by Crippen LogP contribution is 2.24. The van der Waals surface area contributed by atoms with E-state index < -0.39 is 11.6 Å². The molecule has 0 aliphatic carbocycles. The van der Waals surface area contributed by atoms with E-state index in [-0.39, 0.29) is 17.3 Å². The van der Waals surface area contributed by atoms with Crippen LogP contribution in [0.2, 0.25) is 5.02 Å². The first-order chi connectivity index (χ1) is 14.9. The Bertz CT molecular complexity index is 1360. The lowest BCUT2D eigenvalue weighted by atomic mass is 10.1. The van der Waals surface area contributed by atoms with Crippen molar-refractivity contribution in [1.82, 2.24) is 14.8 Å². The van der Waals surface area contributed by atoms with Crippen molar-refractivity contribution < 1.29 is 18.7 Å². The minimum absolute atomic E-state index is 0.0411. The van der Waals surface area contributed by atoms with Gasteiger partial charge in [-0.3, -0.25) is 0 Å². The van der Waals surface area contributed by atoms with Crippen molar-refractivity contribution in [2.24, 2.45) is 0 Å². The van der Waals surface area contributed by atoms with Crippen molar-refractivity contribution in [2.45, 2.75) is 20.5 Å². The average molecular weight is 440 g/mol. The van der Waals surface area contributed by atoms with Crippen LogP contribution < -0.4 is 10.4 Å². The maximum Gasteiger partial charge on any atom is 0.358 e. The molecule has 0 radical (unpaired) electrons. The molecule has 1 aromatic carbocycles. The van der Waals surface area contributed by atoms with Crippen molar-refractivity contribution in [3.8, 4) is 11.6 Å². The number of fused-ring (bicyclic) bond motifs is 1. The third kappa shape index (κ3) is 4.15. The number of carbonyl (C=O) groups is 1. The molecule has 8 nitrogen and oxygen atoms in total. The smallest absolute Gasteiger partial charge is 0.358 e. The fraction of sp³-hybridized carbons (Fsp3) is 0.182. The number of carbonyl (C=O) groups excluding carboxylic acids is 1. The molecule has 0 saturated carbocycles. The second kappa shape index (κ2) is 8.23. The van der Waals surface area contributed by atoms with Gasteiger partial charge in [0.15, 0.2) is 11.5 Å². The number of hydrogen-bond acceptors (Lipinski definition) is 7. The fourth-order valence-corrected chi connectivity index (χ4v) is 3.40. The topological polar surface area (TPSA) is 96.5 Å². The third-order valence-electron chi connectivity index (χ3n) is 4.65. The van der Waals surface area contributed by atoms with Crippen LogP contribution in [0, 0.1) is 13.8 Å². The molecule has 0 aliphatic rings. The van der Waals surface area contributed by atoms with E-state index in [4.69, 9.17) is 25.5 Å². The van der Waals surface area contributed by atoms with Crippen molar-refractivity contribution in [3.63, 3.8) is 0 Å². The fourth-order valence-electron chi connectivity index (χ4n) is 3.22. The van der Waals surface area contributed by atoms with Gasteiger partial charge in [0.2, 0.25) is 0 Å². The number of pyridine rings is 1. The van der Waals surface area contributed by atoms with E-state index in [0.717, 1.165) is 11.4 Å². The number of ether oxygens (including phenoxy) is 2. The normalized spacial score (nSPS) is 11.0. The molecule has 0 fully saturated rings. The molecule has 0 unspecified atom stereocenters. The highest BCUT2D eigenvalue weighted by molar-refractivity contribution is 6.33. The summed E-state index contributed by atoms with van der Waals surface area (Å²) in [7, 11) is 1.52. The molecule has 9 heteroatoms. The first-order valence-corrected chi connectivity index (χ1v) is 9.71. The van der Waals surface area contributed by atoms with Crippen LogP contribution in [-0.4, -0.2) is 27.8 Å². The van der Waals surface area contributed by atoms with Crippen LogP contribution in [0.25, 0.3) is 16.8 Å². The molecule has 0 saturated heterocycles. The molecule has 0 amide bonds. The van der Waals surface area contributed by atoms with Crippen LogP contribution in [0.5, 0.6) is 5.75 Å². The predicted molar refractivity (Wildman–Crippen MR) is 114 cm³/mol.